The number of para-hydroxylation sites is 2. The van der Waals surface area contributed by atoms with Crippen molar-refractivity contribution in [3.8, 4) is 57.5 Å². The second kappa shape index (κ2) is 49.6. The smallest absolute Gasteiger partial charge is 0.336 e. The Kier molecular flexibility index (Phi) is 41.1. The molecule has 10 aromatic carbocycles. The molecule has 2 aromatic heterocycles. The average molecular weight is 2030 g/mol. The van der Waals surface area contributed by atoms with Gasteiger partial charge in [-0.2, -0.15) is 4.39 Å². The van der Waals surface area contributed by atoms with Crippen molar-refractivity contribution in [1.29, 1.82) is 0 Å². The fraction of sp³-hybridized carbons (Fsp3) is 0.205. The summed E-state index contributed by atoms with van der Waals surface area (Å²) in [7, 11) is 14.8. The van der Waals surface area contributed by atoms with Crippen LogP contribution in [0.25, 0.3) is 43.6 Å². The van der Waals surface area contributed by atoms with Crippen molar-refractivity contribution in [3.05, 3.63) is 266 Å². The minimum absolute atomic E-state index is 0.0102. The Hall–Kier alpha value is -11.3. The van der Waals surface area contributed by atoms with E-state index in [0.717, 1.165) is 26.8 Å². The van der Waals surface area contributed by atoms with E-state index in [1.54, 1.807) is 122 Å². The number of halogens is 10. The second-order valence-corrected chi connectivity index (χ2v) is 27.8. The number of carboxylic acid groups (broad SMARTS) is 2. The summed E-state index contributed by atoms with van der Waals surface area (Å²) in [5.74, 6) is -0.945. The summed E-state index contributed by atoms with van der Waals surface area (Å²) in [5, 5.41) is 41.0. The summed E-state index contributed by atoms with van der Waals surface area (Å²) in [6.07, 6.45) is 0.412. The number of carbonyl (C=O) groups excluding carboxylic acids is 2. The molecule has 0 fully saturated rings. The van der Waals surface area contributed by atoms with Gasteiger partial charge in [-0.05, 0) is 127 Å². The van der Waals surface area contributed by atoms with Crippen LogP contribution in [0.4, 0.5) is 25.8 Å². The number of nitro benzene ring substituents is 2. The van der Waals surface area contributed by atoms with E-state index in [4.69, 9.17) is 133 Å². The zero-order valence-electron chi connectivity index (χ0n) is 66.6. The zero-order valence-corrected chi connectivity index (χ0v) is 75.5. The lowest BCUT2D eigenvalue weighted by Gasteiger charge is -2.18. The summed E-state index contributed by atoms with van der Waals surface area (Å²) >= 11 is 39.5. The Balaban J connectivity index is 0.000000255. The van der Waals surface area contributed by atoms with Gasteiger partial charge >= 0.3 is 35.3 Å². The number of benzene rings is 10. The third-order valence-corrected chi connectivity index (χ3v) is 20.2. The minimum atomic E-state index is -1.35. The predicted molar refractivity (Wildman–Crippen MR) is 481 cm³/mol. The molecule has 2 heterocycles. The number of alkyl halides is 1. The molecule has 5 N–H and O–H groups in total. The van der Waals surface area contributed by atoms with E-state index in [-0.39, 0.29) is 62.8 Å². The molecule has 0 radical (unpaired) electrons. The molecule has 0 aliphatic carbocycles. The van der Waals surface area contributed by atoms with Crippen LogP contribution in [0.15, 0.2) is 167 Å². The predicted octanol–water partition coefficient (Wildman–Crippen LogP) is 20.1. The number of nitrogens with one attached hydrogen (secondary N) is 1. The number of nitrogens with two attached hydrogens (primary N) is 1. The third-order valence-electron chi connectivity index (χ3n) is 16.5. The molecule has 39 heteroatoms. The molecule has 648 valence electrons. The standard InChI is InChI=1S/C19H18ClNO5.C16H15ClO4.C15H12ClNO3.C8H8ClNO4.C8H10ClNO2.C7H5IO2.C6H2ClF2NO2.C4H7IO2/c1-4-26-15(22)10-21-13-8-6-5-7-11(13)18(23)12-9-14(24-2)16(20)19(25-3)17(12)21;1-20-13-8-7-11(15(21-2)14(13)17)9-10-5-3-4-6-12(10)16(18)19;1-19-11-7-9-13(15(20-2)12(11)16)17-10-6-4-3-5-8(10)14(9)18;1-13-6-4-3-5(10(11)12)8(14-2)7(6)9;1-11-6-4-3-5(10)8(12-2)7(6)9;8-6-4-2-1-3-5(6)7(9)10;7-5-3(8)1-2-4(6(5)9)10(11)12;1-2-7-4(6)3-5/h5-9H,4,10H2,1-3H3;3-8H,9H2,1-2H3,(H,18,19);3-7H,1-2H3,(H,17,18);3-4H,1-2H3;3-4H,10H2,1-2H3;1-4H,(H,9,10);1-2H;2-3H2,1H3. The minimum Gasteiger partial charge on any atom is -0.495 e. The first-order valence-corrected chi connectivity index (χ1v) is 39.8. The summed E-state index contributed by atoms with van der Waals surface area (Å²) in [6, 6.07) is 42.4. The van der Waals surface area contributed by atoms with Crippen molar-refractivity contribution in [1.82, 2.24) is 9.55 Å². The molecule has 122 heavy (non-hydrogen) atoms. The van der Waals surface area contributed by atoms with Crippen molar-refractivity contribution in [2.75, 3.05) is 94.5 Å². The van der Waals surface area contributed by atoms with Crippen molar-refractivity contribution in [2.45, 2.75) is 26.8 Å². The monoisotopic (exact) mass is 2030 g/mol. The highest BCUT2D eigenvalue weighted by molar-refractivity contribution is 14.1. The van der Waals surface area contributed by atoms with Gasteiger partial charge in [-0.25, -0.2) is 14.0 Å². The molecular weight excluding hydrogens is 1960 g/mol. The normalized spacial score (nSPS) is 10.1. The number of nitrogens with zero attached hydrogens (tertiary/aromatic N) is 3. The Morgan fingerprint density at radius 3 is 1.43 bits per heavy atom. The molecule has 0 amide bonds. The number of aromatic amines is 1. The second-order valence-electron chi connectivity index (χ2n) is 23.6. The molecule has 0 aliphatic heterocycles. The number of anilines is 1. The number of nitrogen functional groups attached to an aromatic ring is 1. The van der Waals surface area contributed by atoms with Crippen LogP contribution in [0.1, 0.15) is 45.7 Å². The number of aromatic nitrogens is 2. The molecule has 12 rings (SSSR count). The molecule has 29 nitrogen and oxygen atoms in total. The third kappa shape index (κ3) is 25.9. The molecule has 0 spiro atoms. The lowest BCUT2D eigenvalue weighted by molar-refractivity contribution is -0.387. The number of pyridine rings is 2. The SMILES string of the molecule is CCOC(=O)CI.CCOC(=O)Cn1c2ccccc2c(=O)c2cc(OC)c(Cl)c(OC)c21.COc1cc2c(=O)c3ccccc3[nH]c2c(OC)c1Cl.COc1ccc(Cc2ccccc2C(=O)O)c(OC)c1Cl.COc1ccc(N)c(OC)c1Cl.COc1ccc([N+](=O)[O-])c(OC)c1Cl.O=C(O)c1ccccc1I.O=[N+]([O-])c1ccc(F)c(Cl)c1F. The number of carboxylic acids is 2. The van der Waals surface area contributed by atoms with Crippen LogP contribution in [-0.2, 0) is 32.0 Å². The lowest BCUT2D eigenvalue weighted by atomic mass is 9.99. The number of esters is 2. The van der Waals surface area contributed by atoms with Crippen molar-refractivity contribution >= 4 is 199 Å². The number of hydrogen-bond acceptors (Lipinski definition) is 23. The van der Waals surface area contributed by atoms with E-state index < -0.39 is 50.1 Å². The highest BCUT2D eigenvalue weighted by atomic mass is 127. The molecule has 0 bridgehead atoms. The van der Waals surface area contributed by atoms with Gasteiger partial charge in [0.15, 0.2) is 28.1 Å². The van der Waals surface area contributed by atoms with Gasteiger partial charge in [-0.3, -0.25) is 39.4 Å². The van der Waals surface area contributed by atoms with Crippen LogP contribution in [0.3, 0.4) is 0 Å². The van der Waals surface area contributed by atoms with Crippen LogP contribution in [0.5, 0.6) is 57.5 Å². The number of hydrogen-bond donors (Lipinski definition) is 4. The number of carbonyl (C=O) groups is 4. The van der Waals surface area contributed by atoms with Gasteiger partial charge in [0.05, 0.1) is 143 Å². The Morgan fingerprint density at radius 2 is 0.918 bits per heavy atom. The van der Waals surface area contributed by atoms with E-state index in [2.05, 4.69) is 9.72 Å². The van der Waals surface area contributed by atoms with Gasteiger partial charge in [-0.1, -0.05) is 153 Å². The number of fused-ring (bicyclic) bond motifs is 4. The molecule has 0 aliphatic rings. The van der Waals surface area contributed by atoms with Crippen molar-refractivity contribution < 1.29 is 105 Å². The Bertz CT molecular complexity index is 5900. The summed E-state index contributed by atoms with van der Waals surface area (Å²) in [4.78, 5) is 91.9. The highest BCUT2D eigenvalue weighted by Gasteiger charge is 2.26. The zero-order chi connectivity index (χ0) is 90.9. The molecule has 0 unspecified atom stereocenters. The first-order valence-electron chi connectivity index (χ1n) is 34.9. The largest absolute Gasteiger partial charge is 0.495 e. The van der Waals surface area contributed by atoms with Crippen LogP contribution >= 0.6 is 115 Å². The number of methoxy groups -OCH3 is 10. The number of ether oxygens (including phenoxy) is 12. The van der Waals surface area contributed by atoms with Crippen LogP contribution < -0.4 is 64.0 Å². The number of nitro groups is 2. The number of aromatic carboxylic acids is 2. The van der Waals surface area contributed by atoms with Crippen molar-refractivity contribution in [2.24, 2.45) is 0 Å². The summed E-state index contributed by atoms with van der Waals surface area (Å²) < 4.78 is 89.1. The van der Waals surface area contributed by atoms with Crippen LogP contribution in [-0.4, -0.2) is 142 Å². The van der Waals surface area contributed by atoms with E-state index in [9.17, 15) is 62.9 Å². The quantitative estimate of drug-likeness (QED) is 0.00758. The Labute approximate surface area is 752 Å². The number of rotatable bonds is 21. The van der Waals surface area contributed by atoms with E-state index in [1.807, 2.05) is 75.5 Å². The molecule has 0 atom stereocenters. The van der Waals surface area contributed by atoms with Gasteiger partial charge in [-0.15, -0.1) is 0 Å². The van der Waals surface area contributed by atoms with Gasteiger partial charge < -0.3 is 82.3 Å². The molecule has 0 saturated carbocycles. The maximum atomic E-state index is 13.0. The first-order chi connectivity index (χ1) is 58.1. The summed E-state index contributed by atoms with van der Waals surface area (Å²) in [5.41, 5.74) is 9.28. The topological polar surface area (TPSA) is 387 Å². The van der Waals surface area contributed by atoms with Crippen LogP contribution in [0.2, 0.25) is 30.1 Å². The fourth-order valence-electron chi connectivity index (χ4n) is 11.0. The maximum Gasteiger partial charge on any atom is 0.336 e. The highest BCUT2D eigenvalue weighted by Crippen LogP contribution is 2.45. The average Bonchev–Trinajstić information content (AvgIpc) is 0.740. The van der Waals surface area contributed by atoms with E-state index in [0.29, 0.717) is 133 Å². The lowest BCUT2D eigenvalue weighted by Crippen LogP contribution is -2.18. The number of H-pyrrole nitrogens is 1. The van der Waals surface area contributed by atoms with E-state index in [1.165, 1.54) is 83.2 Å². The Morgan fingerprint density at radius 1 is 0.475 bits per heavy atom. The molecular formula is C83H77Cl6F2I2N5O24. The maximum absolute atomic E-state index is 13.0. The van der Waals surface area contributed by atoms with E-state index >= 15 is 0 Å². The molecule has 12 aromatic rings. The fourth-order valence-corrected chi connectivity index (χ4v) is 13.6. The van der Waals surface area contributed by atoms with Crippen molar-refractivity contribution in [3.63, 3.8) is 0 Å². The van der Waals surface area contributed by atoms with Gasteiger partial charge in [0.25, 0.3) is 0 Å². The first kappa shape index (κ1) is 101. The van der Waals surface area contributed by atoms with Gasteiger partial charge in [0.2, 0.25) is 11.6 Å². The van der Waals surface area contributed by atoms with Gasteiger partial charge in [0, 0.05) is 44.0 Å². The molecule has 0 saturated heterocycles. The van der Waals surface area contributed by atoms with Gasteiger partial charge in [0.1, 0.15) is 77.0 Å². The van der Waals surface area contributed by atoms with Crippen LogP contribution in [0, 0.1) is 35.4 Å². The summed E-state index contributed by atoms with van der Waals surface area (Å²) in [6.45, 7) is 4.21.